The normalized spacial score (nSPS) is 12.5. The molecule has 1 aromatic carbocycles. The van der Waals surface area contributed by atoms with Crippen molar-refractivity contribution in [2.45, 2.75) is 26.4 Å². The lowest BCUT2D eigenvalue weighted by Gasteiger charge is -2.21. The first-order valence-electron chi connectivity index (χ1n) is 5.27. The van der Waals surface area contributed by atoms with Crippen LogP contribution in [-0.4, -0.2) is 16.2 Å². The Morgan fingerprint density at radius 3 is 2.26 bits per heavy atom. The Morgan fingerprint density at radius 2 is 1.84 bits per heavy atom. The molecule has 0 aliphatic heterocycles. The van der Waals surface area contributed by atoms with E-state index in [1.54, 1.807) is 0 Å². The van der Waals surface area contributed by atoms with Crippen molar-refractivity contribution in [2.75, 3.05) is 0 Å². The number of carboxylic acids is 1. The molecule has 0 aliphatic carbocycles. The number of hydrogen-bond donors (Lipinski definition) is 2. The number of aliphatic carboxylic acids is 1. The number of halogens is 4. The van der Waals surface area contributed by atoms with Crippen LogP contribution in [0.1, 0.15) is 25.0 Å². The van der Waals surface area contributed by atoms with E-state index in [9.17, 15) is 23.1 Å². The maximum absolute atomic E-state index is 12.7. The van der Waals surface area contributed by atoms with Crippen LogP contribution in [0.5, 0.6) is 5.75 Å². The van der Waals surface area contributed by atoms with E-state index in [4.69, 9.17) is 16.7 Å². The van der Waals surface area contributed by atoms with E-state index in [2.05, 4.69) is 0 Å². The summed E-state index contributed by atoms with van der Waals surface area (Å²) in [7, 11) is 0. The van der Waals surface area contributed by atoms with Gasteiger partial charge in [-0.15, -0.1) is 0 Å². The fourth-order valence-corrected chi connectivity index (χ4v) is 1.80. The third-order valence-corrected chi connectivity index (χ3v) is 2.89. The number of benzene rings is 1. The molecule has 1 aromatic rings. The fourth-order valence-electron chi connectivity index (χ4n) is 1.56. The number of hydrogen-bond acceptors (Lipinski definition) is 2. The second-order valence-corrected chi connectivity index (χ2v) is 5.26. The molecule has 0 aromatic heterocycles. The van der Waals surface area contributed by atoms with Crippen LogP contribution in [0.4, 0.5) is 13.2 Å². The lowest BCUT2D eigenvalue weighted by Crippen LogP contribution is -2.26. The van der Waals surface area contributed by atoms with E-state index in [0.717, 1.165) is 6.07 Å². The van der Waals surface area contributed by atoms with E-state index in [0.29, 0.717) is 6.07 Å². The first kappa shape index (κ1) is 15.6. The van der Waals surface area contributed by atoms with Crippen LogP contribution in [0, 0.1) is 5.41 Å². The second kappa shape index (κ2) is 4.92. The number of phenols is 1. The van der Waals surface area contributed by atoms with Crippen molar-refractivity contribution >= 4 is 17.6 Å². The summed E-state index contributed by atoms with van der Waals surface area (Å²) in [6, 6.07) is 1.74. The standard InChI is InChI=1S/C12H12ClF3O3/c1-11(2,10(18)19)5-6-3-7(13)4-8(9(6)17)12(14,15)16/h3-4,17H,5H2,1-2H3,(H,18,19). The van der Waals surface area contributed by atoms with Gasteiger partial charge in [-0.1, -0.05) is 11.6 Å². The Labute approximate surface area is 112 Å². The molecule has 0 atom stereocenters. The average molecular weight is 297 g/mol. The van der Waals surface area contributed by atoms with Gasteiger partial charge in [0.15, 0.2) is 0 Å². The minimum atomic E-state index is -4.75. The van der Waals surface area contributed by atoms with E-state index in [1.165, 1.54) is 13.8 Å². The van der Waals surface area contributed by atoms with Gasteiger partial charge in [0, 0.05) is 5.02 Å². The smallest absolute Gasteiger partial charge is 0.420 e. The highest BCUT2D eigenvalue weighted by atomic mass is 35.5. The molecule has 0 amide bonds. The van der Waals surface area contributed by atoms with Crippen molar-refractivity contribution < 1.29 is 28.2 Å². The molecule has 19 heavy (non-hydrogen) atoms. The van der Waals surface area contributed by atoms with Gasteiger partial charge in [-0.05, 0) is 38.0 Å². The van der Waals surface area contributed by atoms with Gasteiger partial charge >= 0.3 is 12.1 Å². The maximum Gasteiger partial charge on any atom is 0.420 e. The molecule has 3 nitrogen and oxygen atoms in total. The van der Waals surface area contributed by atoms with E-state index in [-0.39, 0.29) is 17.0 Å². The lowest BCUT2D eigenvalue weighted by atomic mass is 9.85. The summed E-state index contributed by atoms with van der Waals surface area (Å²) in [6.45, 7) is 2.70. The fraction of sp³-hybridized carbons (Fsp3) is 0.417. The summed E-state index contributed by atoms with van der Waals surface area (Å²) in [5, 5.41) is 18.4. The van der Waals surface area contributed by atoms with Crippen molar-refractivity contribution in [3.63, 3.8) is 0 Å². The van der Waals surface area contributed by atoms with Crippen LogP contribution in [0.25, 0.3) is 0 Å². The van der Waals surface area contributed by atoms with Crippen LogP contribution in [0.15, 0.2) is 12.1 Å². The van der Waals surface area contributed by atoms with Crippen LogP contribution in [-0.2, 0) is 17.4 Å². The van der Waals surface area contributed by atoms with Crippen LogP contribution >= 0.6 is 11.6 Å². The third-order valence-electron chi connectivity index (χ3n) is 2.67. The third kappa shape index (κ3) is 3.53. The highest BCUT2D eigenvalue weighted by molar-refractivity contribution is 6.30. The number of rotatable bonds is 3. The monoisotopic (exact) mass is 296 g/mol. The van der Waals surface area contributed by atoms with E-state index < -0.39 is 28.9 Å². The summed E-state index contributed by atoms with van der Waals surface area (Å²) in [6.07, 6.45) is -5.02. The molecule has 0 fully saturated rings. The molecule has 0 aliphatic rings. The highest BCUT2D eigenvalue weighted by Gasteiger charge is 2.37. The van der Waals surface area contributed by atoms with Crippen molar-refractivity contribution in [2.24, 2.45) is 5.41 Å². The molecule has 0 saturated carbocycles. The van der Waals surface area contributed by atoms with Gasteiger partial charge in [0.1, 0.15) is 5.75 Å². The SMILES string of the molecule is CC(C)(Cc1cc(Cl)cc(C(F)(F)F)c1O)C(=O)O. The molecule has 0 bridgehead atoms. The minimum Gasteiger partial charge on any atom is -0.507 e. The van der Waals surface area contributed by atoms with E-state index in [1.807, 2.05) is 0 Å². The predicted octanol–water partition coefficient (Wildman–Crippen LogP) is 3.72. The molecule has 0 unspecified atom stereocenters. The predicted molar refractivity (Wildman–Crippen MR) is 63.2 cm³/mol. The number of phenolic OH excluding ortho intramolecular Hbond substituents is 1. The summed E-state index contributed by atoms with van der Waals surface area (Å²) < 4.78 is 38.0. The summed E-state index contributed by atoms with van der Waals surface area (Å²) in [5.41, 5.74) is -2.73. The second-order valence-electron chi connectivity index (χ2n) is 4.82. The first-order valence-corrected chi connectivity index (χ1v) is 5.65. The molecule has 1 rings (SSSR count). The zero-order chi connectivity index (χ0) is 15.0. The summed E-state index contributed by atoms with van der Waals surface area (Å²) in [4.78, 5) is 11.0. The Hall–Kier alpha value is -1.43. The van der Waals surface area contributed by atoms with E-state index >= 15 is 0 Å². The minimum absolute atomic E-state index is 0.146. The topological polar surface area (TPSA) is 57.5 Å². The number of carboxylic acid groups (broad SMARTS) is 1. The van der Waals surface area contributed by atoms with Gasteiger partial charge in [0.05, 0.1) is 11.0 Å². The number of carbonyl (C=O) groups is 1. The summed E-state index contributed by atoms with van der Waals surface area (Å²) in [5.74, 6) is -2.16. The van der Waals surface area contributed by atoms with Gasteiger partial charge in [0.25, 0.3) is 0 Å². The molecule has 0 saturated heterocycles. The Kier molecular flexibility index (Phi) is 4.05. The maximum atomic E-state index is 12.7. The molecule has 0 heterocycles. The molecule has 106 valence electrons. The molecule has 2 N–H and O–H groups in total. The Balaban J connectivity index is 3.31. The molecular weight excluding hydrogens is 285 g/mol. The van der Waals surface area contributed by atoms with Gasteiger partial charge in [0.2, 0.25) is 0 Å². The van der Waals surface area contributed by atoms with Gasteiger partial charge in [-0.3, -0.25) is 4.79 Å². The van der Waals surface area contributed by atoms with Crippen molar-refractivity contribution in [1.29, 1.82) is 0 Å². The Bertz CT molecular complexity index is 510. The van der Waals surface area contributed by atoms with Gasteiger partial charge < -0.3 is 10.2 Å². The first-order chi connectivity index (χ1) is 8.45. The number of alkyl halides is 3. The molecular formula is C12H12ClF3O3. The van der Waals surface area contributed by atoms with Crippen LogP contribution < -0.4 is 0 Å². The quantitative estimate of drug-likeness (QED) is 0.894. The number of aromatic hydroxyl groups is 1. The van der Waals surface area contributed by atoms with Crippen molar-refractivity contribution in [3.8, 4) is 5.75 Å². The highest BCUT2D eigenvalue weighted by Crippen LogP contribution is 2.41. The zero-order valence-corrected chi connectivity index (χ0v) is 10.9. The molecule has 0 spiro atoms. The average Bonchev–Trinajstić information content (AvgIpc) is 2.20. The van der Waals surface area contributed by atoms with Crippen molar-refractivity contribution in [3.05, 3.63) is 28.3 Å². The van der Waals surface area contributed by atoms with Gasteiger partial charge in [-0.25, -0.2) is 0 Å². The molecule has 0 radical (unpaired) electrons. The van der Waals surface area contributed by atoms with Crippen molar-refractivity contribution in [1.82, 2.24) is 0 Å². The van der Waals surface area contributed by atoms with Gasteiger partial charge in [-0.2, -0.15) is 13.2 Å². The summed E-state index contributed by atoms with van der Waals surface area (Å²) >= 11 is 5.58. The Morgan fingerprint density at radius 1 is 1.32 bits per heavy atom. The zero-order valence-electron chi connectivity index (χ0n) is 10.2. The van der Waals surface area contributed by atoms with Crippen LogP contribution in [0.2, 0.25) is 5.02 Å². The largest absolute Gasteiger partial charge is 0.507 e. The molecule has 7 heteroatoms. The van der Waals surface area contributed by atoms with Crippen LogP contribution in [0.3, 0.4) is 0 Å². The lowest BCUT2D eigenvalue weighted by molar-refractivity contribution is -0.146.